The van der Waals surface area contributed by atoms with Gasteiger partial charge < -0.3 is 20.1 Å². The second kappa shape index (κ2) is 5.12. The first-order chi connectivity index (χ1) is 9.58. The van der Waals surface area contributed by atoms with Crippen molar-refractivity contribution in [1.82, 2.24) is 19.5 Å². The second-order valence-corrected chi connectivity index (χ2v) is 5.02. The Hall–Kier alpha value is -1.51. The predicted molar refractivity (Wildman–Crippen MR) is 70.0 cm³/mol. The summed E-state index contributed by atoms with van der Waals surface area (Å²) in [6.07, 6.45) is -0.577. The van der Waals surface area contributed by atoms with Crippen LogP contribution in [0.3, 0.4) is 0 Å². The van der Waals surface area contributed by atoms with Crippen molar-refractivity contribution in [2.45, 2.75) is 31.3 Å². The Morgan fingerprint density at radius 3 is 3.05 bits per heavy atom. The number of nitrogens with zero attached hydrogens (tertiary/aromatic N) is 4. The molecule has 0 aliphatic carbocycles. The number of rotatable bonds is 3. The van der Waals surface area contributed by atoms with E-state index in [1.54, 1.807) is 4.57 Å². The molecule has 3 heterocycles. The van der Waals surface area contributed by atoms with E-state index >= 15 is 0 Å². The van der Waals surface area contributed by atoms with E-state index in [4.69, 9.17) is 27.2 Å². The van der Waals surface area contributed by atoms with Gasteiger partial charge in [-0.25, -0.2) is 9.37 Å². The van der Waals surface area contributed by atoms with Gasteiger partial charge in [0.05, 0.1) is 25.6 Å². The highest BCUT2D eigenvalue weighted by atomic mass is 35.5. The molecule has 0 spiro atoms. The third-order valence-electron chi connectivity index (χ3n) is 3.30. The summed E-state index contributed by atoms with van der Waals surface area (Å²) >= 11 is 5.76. The highest BCUT2D eigenvalue weighted by molar-refractivity contribution is 6.28. The fourth-order valence-corrected chi connectivity index (χ4v) is 2.50. The average molecular weight is 302 g/mol. The number of aliphatic hydroxyl groups is 1. The zero-order valence-corrected chi connectivity index (χ0v) is 11.2. The molecule has 3 N–H and O–H groups in total. The lowest BCUT2D eigenvalue weighted by molar-refractivity contribution is -0.00536. The molecule has 20 heavy (non-hydrogen) atoms. The fraction of sp³-hybridized carbons (Fsp3) is 0.545. The molecule has 0 bridgehead atoms. The van der Waals surface area contributed by atoms with Crippen LogP contribution in [0.15, 0.2) is 6.33 Å². The summed E-state index contributed by atoms with van der Waals surface area (Å²) < 4.78 is 20.9. The largest absolute Gasteiger partial charge is 0.394 e. The molecule has 0 radical (unpaired) electrons. The van der Waals surface area contributed by atoms with Gasteiger partial charge in [-0.2, -0.15) is 9.97 Å². The molecule has 0 amide bonds. The van der Waals surface area contributed by atoms with Crippen molar-refractivity contribution in [3.63, 3.8) is 0 Å². The molecule has 2 aromatic rings. The van der Waals surface area contributed by atoms with Gasteiger partial charge in [-0.05, 0) is 11.6 Å². The lowest BCUT2D eigenvalue weighted by Crippen LogP contribution is -2.24. The van der Waals surface area contributed by atoms with E-state index in [2.05, 4.69) is 15.0 Å². The smallest absolute Gasteiger partial charge is 0.226 e. The van der Waals surface area contributed by atoms with Crippen molar-refractivity contribution in [1.29, 1.82) is 0 Å². The van der Waals surface area contributed by atoms with E-state index in [1.165, 1.54) is 6.33 Å². The van der Waals surface area contributed by atoms with E-state index in [0.29, 0.717) is 11.2 Å². The molecular formula is C11H13ClFN5O2. The van der Waals surface area contributed by atoms with Crippen LogP contribution >= 0.6 is 11.6 Å². The lowest BCUT2D eigenvalue weighted by Gasteiger charge is -2.14. The van der Waals surface area contributed by atoms with Crippen LogP contribution in [0.5, 0.6) is 0 Å². The van der Waals surface area contributed by atoms with Crippen LogP contribution in [0.1, 0.15) is 6.42 Å². The summed E-state index contributed by atoms with van der Waals surface area (Å²) in [5, 5.41) is 9.02. The summed E-state index contributed by atoms with van der Waals surface area (Å²) in [6, 6.07) is 0. The van der Waals surface area contributed by atoms with Crippen LogP contribution < -0.4 is 5.73 Å². The van der Waals surface area contributed by atoms with E-state index in [9.17, 15) is 4.39 Å². The highest BCUT2D eigenvalue weighted by Crippen LogP contribution is 2.26. The molecule has 0 aromatic carbocycles. The maximum atomic E-state index is 13.8. The monoisotopic (exact) mass is 301 g/mol. The Kier molecular flexibility index (Phi) is 3.45. The Balaban J connectivity index is 1.88. The number of hydrogen-bond acceptors (Lipinski definition) is 6. The van der Waals surface area contributed by atoms with Crippen molar-refractivity contribution in [2.75, 3.05) is 12.3 Å². The minimum atomic E-state index is -1.14. The average Bonchev–Trinajstić information content (AvgIpc) is 2.95. The van der Waals surface area contributed by atoms with E-state index < -0.39 is 18.4 Å². The fourth-order valence-electron chi connectivity index (χ4n) is 2.33. The van der Waals surface area contributed by atoms with Crippen LogP contribution in [-0.4, -0.2) is 49.6 Å². The van der Waals surface area contributed by atoms with Crippen molar-refractivity contribution in [3.05, 3.63) is 11.6 Å². The molecule has 7 nitrogen and oxygen atoms in total. The van der Waals surface area contributed by atoms with Crippen LogP contribution in [0.25, 0.3) is 11.2 Å². The van der Waals surface area contributed by atoms with Crippen LogP contribution in [0, 0.1) is 0 Å². The molecule has 108 valence electrons. The van der Waals surface area contributed by atoms with Gasteiger partial charge in [-0.1, -0.05) is 0 Å². The first kappa shape index (κ1) is 13.5. The number of halogens is 2. The maximum Gasteiger partial charge on any atom is 0.226 e. The van der Waals surface area contributed by atoms with Crippen molar-refractivity contribution >= 4 is 28.6 Å². The van der Waals surface area contributed by atoms with E-state index in [0.717, 1.165) is 0 Å². The van der Waals surface area contributed by atoms with Crippen molar-refractivity contribution in [2.24, 2.45) is 0 Å². The molecule has 1 aliphatic rings. The number of hydrogen-bond donors (Lipinski definition) is 2. The minimum Gasteiger partial charge on any atom is -0.394 e. The summed E-state index contributed by atoms with van der Waals surface area (Å²) in [5.41, 5.74) is 6.55. The molecule has 1 aliphatic heterocycles. The zero-order valence-electron chi connectivity index (χ0n) is 10.4. The Labute approximate surface area is 118 Å². The molecule has 0 saturated carbocycles. The number of nitrogen functional groups attached to an aromatic ring is 1. The predicted octanol–water partition coefficient (Wildman–Crippen LogP) is 0.550. The third kappa shape index (κ3) is 2.30. The minimum absolute atomic E-state index is 0.00845. The number of ether oxygens (including phenoxy) is 1. The Morgan fingerprint density at radius 1 is 1.55 bits per heavy atom. The molecule has 0 unspecified atom stereocenters. The highest BCUT2D eigenvalue weighted by Gasteiger charge is 2.35. The van der Waals surface area contributed by atoms with Crippen molar-refractivity contribution in [3.8, 4) is 0 Å². The van der Waals surface area contributed by atoms with Crippen molar-refractivity contribution < 1.29 is 14.2 Å². The van der Waals surface area contributed by atoms with Gasteiger partial charge >= 0.3 is 0 Å². The van der Waals surface area contributed by atoms with Gasteiger partial charge in [-0.3, -0.25) is 0 Å². The number of aliphatic hydroxyl groups excluding tert-OH is 1. The van der Waals surface area contributed by atoms with Gasteiger partial charge in [0.15, 0.2) is 11.5 Å². The summed E-state index contributed by atoms with van der Waals surface area (Å²) in [4.78, 5) is 11.9. The standard InChI is InChI=1S/C11H13ClFN5O2/c12-11-16-9(14)8-10(17-11)18(4-15-8)2-7-6(13)1-5(3-19)20-7/h4-7,19H,1-3H2,(H2,14,16,17)/t5-,6-,7-/m0/s1. The molecule has 2 aromatic heterocycles. The quantitative estimate of drug-likeness (QED) is 0.803. The third-order valence-corrected chi connectivity index (χ3v) is 3.47. The number of fused-ring (bicyclic) bond motifs is 1. The maximum absolute atomic E-state index is 13.8. The van der Waals surface area contributed by atoms with Gasteiger partial charge in [0, 0.05) is 6.42 Å². The number of imidazole rings is 1. The van der Waals surface area contributed by atoms with Crippen LogP contribution in [-0.2, 0) is 11.3 Å². The normalized spacial score (nSPS) is 26.4. The molecule has 1 fully saturated rings. The topological polar surface area (TPSA) is 99.1 Å². The molecule has 1 saturated heterocycles. The number of alkyl halides is 1. The van der Waals surface area contributed by atoms with Gasteiger partial charge in [0.1, 0.15) is 17.8 Å². The second-order valence-electron chi connectivity index (χ2n) is 4.68. The van der Waals surface area contributed by atoms with Crippen LogP contribution in [0.4, 0.5) is 10.2 Å². The van der Waals surface area contributed by atoms with Crippen LogP contribution in [0.2, 0.25) is 5.28 Å². The molecule has 3 rings (SSSR count). The number of anilines is 1. The Morgan fingerprint density at radius 2 is 2.35 bits per heavy atom. The first-order valence-electron chi connectivity index (χ1n) is 6.12. The van der Waals surface area contributed by atoms with Gasteiger partial charge in [0.25, 0.3) is 0 Å². The van der Waals surface area contributed by atoms with E-state index in [-0.39, 0.29) is 30.7 Å². The zero-order chi connectivity index (χ0) is 14.3. The summed E-state index contributed by atoms with van der Waals surface area (Å²) in [6.45, 7) is 0.0312. The lowest BCUT2D eigenvalue weighted by atomic mass is 10.1. The molecule has 3 atom stereocenters. The number of nitrogens with two attached hydrogens (primary N) is 1. The SMILES string of the molecule is Nc1nc(Cl)nc2c1ncn2C[C@@H]1O[C@H](CO)C[C@@H]1F. The molecular weight excluding hydrogens is 289 g/mol. The van der Waals surface area contributed by atoms with Gasteiger partial charge in [0.2, 0.25) is 5.28 Å². The first-order valence-corrected chi connectivity index (χ1v) is 6.50. The summed E-state index contributed by atoms with van der Waals surface area (Å²) in [5.74, 6) is 0.177. The summed E-state index contributed by atoms with van der Waals surface area (Å²) in [7, 11) is 0. The number of aromatic nitrogens is 4. The Bertz CT molecular complexity index is 637. The van der Waals surface area contributed by atoms with Gasteiger partial charge in [-0.15, -0.1) is 0 Å². The van der Waals surface area contributed by atoms with E-state index in [1.807, 2.05) is 0 Å². The molecule has 9 heteroatoms.